The van der Waals surface area contributed by atoms with E-state index in [1.165, 1.54) is 0 Å². The summed E-state index contributed by atoms with van der Waals surface area (Å²) in [4.78, 5) is 2.03. The molecular formula is C8H12F6N3P. The number of nitrogens with two attached hydrogens (primary N) is 1. The van der Waals surface area contributed by atoms with Gasteiger partial charge in [-0.1, -0.05) is 0 Å². The zero-order valence-corrected chi connectivity index (χ0v) is 10.4. The van der Waals surface area contributed by atoms with Crippen LogP contribution in [0.25, 0.3) is 0 Å². The van der Waals surface area contributed by atoms with Crippen LogP contribution in [0.5, 0.6) is 0 Å². The summed E-state index contributed by atoms with van der Waals surface area (Å²) >= 11 is 0. The van der Waals surface area contributed by atoms with Gasteiger partial charge in [-0.25, -0.2) is 0 Å². The van der Waals surface area contributed by atoms with Crippen LogP contribution in [0.3, 0.4) is 0 Å². The number of halogens is 6. The van der Waals surface area contributed by atoms with Gasteiger partial charge in [-0.2, -0.15) is 5.53 Å². The minimum absolute atomic E-state index is 0.801. The van der Waals surface area contributed by atoms with Crippen molar-refractivity contribution in [2.24, 2.45) is 5.11 Å². The van der Waals surface area contributed by atoms with Crippen LogP contribution in [0.1, 0.15) is 0 Å². The second-order valence-electron chi connectivity index (χ2n) is 3.50. The van der Waals surface area contributed by atoms with Gasteiger partial charge in [0.05, 0.1) is 0 Å². The predicted octanol–water partition coefficient (Wildman–Crippen LogP) is 3.98. The Balaban J connectivity index is 0.000000360. The molecular weight excluding hydrogens is 283 g/mol. The summed E-state index contributed by atoms with van der Waals surface area (Å²) < 4.78 is 59.2. The van der Waals surface area contributed by atoms with Crippen LogP contribution in [0.15, 0.2) is 29.4 Å². The van der Waals surface area contributed by atoms with E-state index in [0.717, 1.165) is 11.4 Å². The van der Waals surface area contributed by atoms with Gasteiger partial charge in [0.25, 0.3) is 0 Å². The maximum atomic E-state index is 9.87. The molecule has 0 aliphatic carbocycles. The topological polar surface area (TPSA) is 41.2 Å². The van der Waals surface area contributed by atoms with Crippen molar-refractivity contribution in [3.63, 3.8) is 0 Å². The molecule has 0 atom stereocenters. The molecule has 10 heteroatoms. The van der Waals surface area contributed by atoms with Gasteiger partial charge in [0, 0.05) is 19.8 Å². The zero-order valence-electron chi connectivity index (χ0n) is 9.50. The maximum absolute atomic E-state index is 10.7. The summed E-state index contributed by atoms with van der Waals surface area (Å²) in [6, 6.07) is 7.72. The first-order valence-corrected chi connectivity index (χ1v) is 6.46. The van der Waals surface area contributed by atoms with Crippen molar-refractivity contribution in [1.82, 2.24) is 0 Å². The standard InChI is InChI=1S/C8H11N3.F6P/c1-11(2)8-5-3-7(10-9)4-6-8;1-7(2,3,4,5)6/h3-6,9H,1-2H3;/q;-1/p+1. The Kier molecular flexibility index (Phi) is 4.05. The Bertz CT molecular complexity index is 398. The van der Waals surface area contributed by atoms with E-state index in [1.807, 2.05) is 43.3 Å². The van der Waals surface area contributed by atoms with E-state index < -0.39 is 7.81 Å². The Hall–Kier alpha value is -1.37. The van der Waals surface area contributed by atoms with Crippen molar-refractivity contribution in [2.45, 2.75) is 0 Å². The van der Waals surface area contributed by atoms with Crippen LogP contribution in [0.2, 0.25) is 0 Å². The summed E-state index contributed by atoms with van der Waals surface area (Å²) in [5.74, 6) is 0. The van der Waals surface area contributed by atoms with Crippen molar-refractivity contribution in [1.29, 1.82) is 0 Å². The Morgan fingerprint density at radius 2 is 1.28 bits per heavy atom. The van der Waals surface area contributed by atoms with Gasteiger partial charge >= 0.3 is 33.0 Å². The summed E-state index contributed by atoms with van der Waals surface area (Å²) in [7, 11) is -6.67. The second kappa shape index (κ2) is 4.38. The average molecular weight is 295 g/mol. The third-order valence-corrected chi connectivity index (χ3v) is 1.52. The molecule has 0 aromatic heterocycles. The fourth-order valence-corrected chi connectivity index (χ4v) is 0.837. The van der Waals surface area contributed by atoms with Crippen LogP contribution in [-0.2, 0) is 0 Å². The number of rotatable bonds is 2. The first-order valence-electron chi connectivity index (χ1n) is 4.44. The molecule has 1 rings (SSSR count). The van der Waals surface area contributed by atoms with Gasteiger partial charge < -0.3 is 4.90 Å². The molecule has 1 aromatic carbocycles. The Labute approximate surface area is 99.1 Å². The van der Waals surface area contributed by atoms with E-state index in [9.17, 15) is 25.2 Å². The molecule has 1 aromatic rings. The van der Waals surface area contributed by atoms with Gasteiger partial charge in [-0.3, -0.25) is 0 Å². The molecule has 0 saturated carbocycles. The Morgan fingerprint density at radius 3 is 1.50 bits per heavy atom. The predicted molar refractivity (Wildman–Crippen MR) is 58.4 cm³/mol. The number of hydrogen-bond donors (Lipinski definition) is 1. The molecule has 0 heterocycles. The van der Waals surface area contributed by atoms with Gasteiger partial charge in [0.15, 0.2) is 0 Å². The quantitative estimate of drug-likeness (QED) is 0.500. The van der Waals surface area contributed by atoms with Crippen molar-refractivity contribution in [3.05, 3.63) is 24.3 Å². The fraction of sp³-hybridized carbons (Fsp3) is 0.250. The molecule has 0 spiro atoms. The summed E-state index contributed by atoms with van der Waals surface area (Å²) in [5, 5.41) is 3.55. The summed E-state index contributed by atoms with van der Waals surface area (Å²) in [6.07, 6.45) is 0. The molecule has 0 saturated heterocycles. The second-order valence-corrected chi connectivity index (χ2v) is 5.41. The third kappa shape index (κ3) is 12.7. The molecule has 0 aliphatic heterocycles. The molecule has 18 heavy (non-hydrogen) atoms. The van der Waals surface area contributed by atoms with Gasteiger partial charge in [0.2, 0.25) is 0 Å². The molecule has 106 valence electrons. The molecule has 0 bridgehead atoms. The fourth-order valence-electron chi connectivity index (χ4n) is 0.837. The number of anilines is 1. The SMILES string of the molecule is CN(C)c1ccc(N=[NH2+])cc1.F[P-](F)(F)(F)(F)F. The molecule has 0 amide bonds. The minimum atomic E-state index is -10.7. The van der Waals surface area contributed by atoms with Gasteiger partial charge in [-0.05, 0) is 29.4 Å². The van der Waals surface area contributed by atoms with Crippen molar-refractivity contribution in [2.75, 3.05) is 19.0 Å². The number of benzene rings is 1. The van der Waals surface area contributed by atoms with Crippen molar-refractivity contribution >= 4 is 19.2 Å². The van der Waals surface area contributed by atoms with E-state index in [0.29, 0.717) is 0 Å². The monoisotopic (exact) mass is 295 g/mol. The van der Waals surface area contributed by atoms with E-state index in [4.69, 9.17) is 5.53 Å². The van der Waals surface area contributed by atoms with Crippen LogP contribution >= 0.6 is 7.81 Å². The normalized spacial score (nSPS) is 14.7. The van der Waals surface area contributed by atoms with Crippen LogP contribution in [0, 0.1) is 0 Å². The molecule has 0 fully saturated rings. The van der Waals surface area contributed by atoms with Gasteiger partial charge in [0.1, 0.15) is 5.69 Å². The zero-order chi connectivity index (χ0) is 14.7. The van der Waals surface area contributed by atoms with E-state index in [2.05, 4.69) is 5.11 Å². The molecule has 2 N–H and O–H groups in total. The van der Waals surface area contributed by atoms with Gasteiger partial charge in [-0.15, -0.1) is 0 Å². The first kappa shape index (κ1) is 16.6. The average Bonchev–Trinajstić information content (AvgIpc) is 2.13. The van der Waals surface area contributed by atoms with Crippen LogP contribution in [0.4, 0.5) is 36.6 Å². The van der Waals surface area contributed by atoms with Crippen molar-refractivity contribution in [3.8, 4) is 0 Å². The third-order valence-electron chi connectivity index (χ3n) is 1.52. The van der Waals surface area contributed by atoms with Crippen molar-refractivity contribution < 1.29 is 30.7 Å². The summed E-state index contributed by atoms with van der Waals surface area (Å²) in [6.45, 7) is 0. The number of hydrogen-bond acceptors (Lipinski definition) is 2. The van der Waals surface area contributed by atoms with E-state index >= 15 is 0 Å². The van der Waals surface area contributed by atoms with E-state index in [-0.39, 0.29) is 0 Å². The molecule has 0 unspecified atom stereocenters. The van der Waals surface area contributed by atoms with E-state index in [1.54, 1.807) is 0 Å². The molecule has 0 radical (unpaired) electrons. The molecule has 0 aliphatic rings. The number of nitrogens with zero attached hydrogens (tertiary/aromatic N) is 2. The summed E-state index contributed by atoms with van der Waals surface area (Å²) in [5.41, 5.74) is 7.04. The Morgan fingerprint density at radius 1 is 0.944 bits per heavy atom. The van der Waals surface area contributed by atoms with Crippen LogP contribution < -0.4 is 10.4 Å². The molecule has 3 nitrogen and oxygen atoms in total. The van der Waals surface area contributed by atoms with Crippen LogP contribution in [-0.4, -0.2) is 14.1 Å². The first-order chi connectivity index (χ1) is 7.69.